The van der Waals surface area contributed by atoms with Crippen molar-refractivity contribution in [1.82, 2.24) is 9.55 Å². The summed E-state index contributed by atoms with van der Waals surface area (Å²) in [6, 6.07) is 7.72. The van der Waals surface area contributed by atoms with Gasteiger partial charge < -0.3 is 0 Å². The van der Waals surface area contributed by atoms with E-state index in [1.807, 2.05) is 45.0 Å². The molecule has 0 unspecified atom stereocenters. The molecule has 20 heavy (non-hydrogen) atoms. The van der Waals surface area contributed by atoms with E-state index in [2.05, 4.69) is 4.98 Å². The summed E-state index contributed by atoms with van der Waals surface area (Å²) in [5, 5.41) is 0.135. The molecule has 1 N–H and O–H groups in total. The van der Waals surface area contributed by atoms with Gasteiger partial charge in [0.25, 0.3) is 5.56 Å². The molecule has 0 fully saturated rings. The number of hydrogen-bond acceptors (Lipinski definition) is 2. The van der Waals surface area contributed by atoms with Crippen molar-refractivity contribution in [3.63, 3.8) is 0 Å². The van der Waals surface area contributed by atoms with Crippen molar-refractivity contribution < 1.29 is 0 Å². The standard InChI is InChI=1S/C15H17ClN2O2/c1-9(2)12-13(16)17-15(20)18(14(12)19)8-11-6-4-5-10(3)7-11/h4-7,9H,8H2,1-3H3,(H,17,20). The predicted octanol–water partition coefficient (Wildman–Crippen LogP) is 2.67. The number of aromatic amines is 1. The summed E-state index contributed by atoms with van der Waals surface area (Å²) in [6.07, 6.45) is 0. The van der Waals surface area contributed by atoms with E-state index in [4.69, 9.17) is 11.6 Å². The number of halogens is 1. The van der Waals surface area contributed by atoms with Crippen LogP contribution in [-0.2, 0) is 6.54 Å². The Kier molecular flexibility index (Phi) is 4.14. The molecule has 1 aromatic carbocycles. The van der Waals surface area contributed by atoms with Gasteiger partial charge in [-0.05, 0) is 18.4 Å². The average Bonchev–Trinajstić information content (AvgIpc) is 2.33. The number of aryl methyl sites for hydroxylation is 1. The van der Waals surface area contributed by atoms with E-state index in [9.17, 15) is 9.59 Å². The number of aromatic nitrogens is 2. The summed E-state index contributed by atoms with van der Waals surface area (Å²) in [6.45, 7) is 5.96. The van der Waals surface area contributed by atoms with Gasteiger partial charge in [-0.3, -0.25) is 14.3 Å². The van der Waals surface area contributed by atoms with Crippen molar-refractivity contribution in [2.45, 2.75) is 33.2 Å². The molecule has 106 valence electrons. The Morgan fingerprint density at radius 2 is 2.00 bits per heavy atom. The lowest BCUT2D eigenvalue weighted by Crippen LogP contribution is -2.38. The minimum atomic E-state index is -0.481. The summed E-state index contributed by atoms with van der Waals surface area (Å²) < 4.78 is 1.19. The minimum absolute atomic E-state index is 0.0457. The fraction of sp³-hybridized carbons (Fsp3) is 0.333. The molecular formula is C15H17ClN2O2. The minimum Gasteiger partial charge on any atom is -0.297 e. The maximum absolute atomic E-state index is 12.4. The van der Waals surface area contributed by atoms with E-state index in [-0.39, 0.29) is 23.2 Å². The summed E-state index contributed by atoms with van der Waals surface area (Å²) in [7, 11) is 0. The Hall–Kier alpha value is -1.81. The van der Waals surface area contributed by atoms with Crippen molar-refractivity contribution in [3.05, 3.63) is 66.9 Å². The molecule has 5 heteroatoms. The predicted molar refractivity (Wildman–Crippen MR) is 80.7 cm³/mol. The largest absolute Gasteiger partial charge is 0.329 e. The van der Waals surface area contributed by atoms with Crippen LogP contribution in [0.25, 0.3) is 0 Å². The Morgan fingerprint density at radius 1 is 1.30 bits per heavy atom. The van der Waals surface area contributed by atoms with Crippen LogP contribution >= 0.6 is 11.6 Å². The van der Waals surface area contributed by atoms with E-state index in [1.165, 1.54) is 4.57 Å². The molecule has 0 spiro atoms. The SMILES string of the molecule is Cc1cccc(Cn2c(=O)[nH]c(Cl)c(C(C)C)c2=O)c1. The zero-order chi connectivity index (χ0) is 14.9. The van der Waals surface area contributed by atoms with Crippen LogP contribution < -0.4 is 11.2 Å². The van der Waals surface area contributed by atoms with Crippen molar-refractivity contribution in [1.29, 1.82) is 0 Å². The molecule has 0 aliphatic rings. The van der Waals surface area contributed by atoms with Crippen LogP contribution in [0.1, 0.15) is 36.5 Å². The van der Waals surface area contributed by atoms with E-state index in [1.54, 1.807) is 0 Å². The molecule has 2 aromatic rings. The van der Waals surface area contributed by atoms with Gasteiger partial charge in [-0.2, -0.15) is 0 Å². The molecule has 0 amide bonds. The van der Waals surface area contributed by atoms with Gasteiger partial charge in [0.1, 0.15) is 5.15 Å². The number of rotatable bonds is 3. The first kappa shape index (κ1) is 14.6. The van der Waals surface area contributed by atoms with E-state index < -0.39 is 5.69 Å². The topological polar surface area (TPSA) is 54.9 Å². The lowest BCUT2D eigenvalue weighted by atomic mass is 10.1. The molecule has 0 atom stereocenters. The highest BCUT2D eigenvalue weighted by atomic mass is 35.5. The van der Waals surface area contributed by atoms with Gasteiger partial charge in [-0.1, -0.05) is 55.3 Å². The fourth-order valence-corrected chi connectivity index (χ4v) is 2.58. The molecule has 0 aliphatic heterocycles. The van der Waals surface area contributed by atoms with Gasteiger partial charge in [-0.25, -0.2) is 4.79 Å². The van der Waals surface area contributed by atoms with Crippen molar-refractivity contribution in [2.24, 2.45) is 0 Å². The molecule has 1 heterocycles. The third kappa shape index (κ3) is 2.85. The zero-order valence-corrected chi connectivity index (χ0v) is 12.5. The second-order valence-corrected chi connectivity index (χ2v) is 5.57. The summed E-state index contributed by atoms with van der Waals surface area (Å²) in [5.41, 5.74) is 1.64. The van der Waals surface area contributed by atoms with Crippen molar-refractivity contribution >= 4 is 11.6 Å². The third-order valence-electron chi connectivity index (χ3n) is 3.17. The fourth-order valence-electron chi connectivity index (χ4n) is 2.20. The van der Waals surface area contributed by atoms with Crippen LogP contribution in [0.4, 0.5) is 0 Å². The molecular weight excluding hydrogens is 276 g/mol. The van der Waals surface area contributed by atoms with E-state index >= 15 is 0 Å². The second-order valence-electron chi connectivity index (χ2n) is 5.19. The molecule has 1 aromatic heterocycles. The first-order valence-corrected chi connectivity index (χ1v) is 6.86. The lowest BCUT2D eigenvalue weighted by Gasteiger charge is -2.11. The monoisotopic (exact) mass is 292 g/mol. The number of nitrogens with one attached hydrogen (secondary N) is 1. The molecule has 0 bridgehead atoms. The van der Waals surface area contributed by atoms with Gasteiger partial charge in [0.05, 0.1) is 12.1 Å². The first-order valence-electron chi connectivity index (χ1n) is 6.48. The maximum Gasteiger partial charge on any atom is 0.329 e. The van der Waals surface area contributed by atoms with Crippen molar-refractivity contribution in [2.75, 3.05) is 0 Å². The quantitative estimate of drug-likeness (QED) is 0.884. The number of hydrogen-bond donors (Lipinski definition) is 1. The van der Waals surface area contributed by atoms with Gasteiger partial charge in [-0.15, -0.1) is 0 Å². The van der Waals surface area contributed by atoms with Crippen LogP contribution in [-0.4, -0.2) is 9.55 Å². The molecule has 0 saturated heterocycles. The Morgan fingerprint density at radius 3 is 2.60 bits per heavy atom. The first-order chi connectivity index (χ1) is 9.40. The van der Waals surface area contributed by atoms with Crippen LogP contribution in [0, 0.1) is 6.92 Å². The second kappa shape index (κ2) is 5.67. The maximum atomic E-state index is 12.4. The van der Waals surface area contributed by atoms with Gasteiger partial charge in [0.15, 0.2) is 0 Å². The Labute approximate surface area is 122 Å². The van der Waals surface area contributed by atoms with Crippen molar-refractivity contribution in [3.8, 4) is 0 Å². The zero-order valence-electron chi connectivity index (χ0n) is 11.7. The van der Waals surface area contributed by atoms with Gasteiger partial charge >= 0.3 is 5.69 Å². The number of nitrogens with zero attached hydrogens (tertiary/aromatic N) is 1. The normalized spacial score (nSPS) is 11.1. The van der Waals surface area contributed by atoms with Crippen LogP contribution in [0.15, 0.2) is 33.9 Å². The molecule has 0 aliphatic carbocycles. The highest BCUT2D eigenvalue weighted by molar-refractivity contribution is 6.30. The molecule has 2 rings (SSSR count). The smallest absolute Gasteiger partial charge is 0.297 e. The van der Waals surface area contributed by atoms with E-state index in [0.717, 1.165) is 11.1 Å². The molecule has 0 saturated carbocycles. The van der Waals surface area contributed by atoms with Crippen LogP contribution in [0.2, 0.25) is 5.15 Å². The Balaban J connectivity index is 2.55. The highest BCUT2D eigenvalue weighted by Crippen LogP contribution is 2.16. The van der Waals surface area contributed by atoms with E-state index in [0.29, 0.717) is 5.56 Å². The third-order valence-corrected chi connectivity index (χ3v) is 3.47. The van der Waals surface area contributed by atoms with Gasteiger partial charge in [0.2, 0.25) is 0 Å². The summed E-state index contributed by atoms with van der Waals surface area (Å²) in [5.74, 6) is -0.0457. The number of benzene rings is 1. The average molecular weight is 293 g/mol. The Bertz CT molecular complexity index is 744. The number of H-pyrrole nitrogens is 1. The van der Waals surface area contributed by atoms with Crippen LogP contribution in [0.5, 0.6) is 0 Å². The summed E-state index contributed by atoms with van der Waals surface area (Å²) >= 11 is 5.96. The van der Waals surface area contributed by atoms with Crippen LogP contribution in [0.3, 0.4) is 0 Å². The highest BCUT2D eigenvalue weighted by Gasteiger charge is 2.15. The molecule has 0 radical (unpaired) electrons. The summed E-state index contributed by atoms with van der Waals surface area (Å²) in [4.78, 5) is 26.9. The van der Waals surface area contributed by atoms with Gasteiger partial charge in [0, 0.05) is 0 Å². The lowest BCUT2D eigenvalue weighted by molar-refractivity contribution is 0.670. The molecule has 4 nitrogen and oxygen atoms in total.